The van der Waals surface area contributed by atoms with Crippen molar-refractivity contribution in [1.82, 2.24) is 5.43 Å². The number of ether oxygens (including phenoxy) is 2. The third-order valence-corrected chi connectivity index (χ3v) is 4.31. The molecule has 3 aromatic rings. The number of hydrogen-bond donors (Lipinski definition) is 1. The van der Waals surface area contributed by atoms with E-state index in [2.05, 4.69) is 10.5 Å². The lowest BCUT2D eigenvalue weighted by atomic mass is 10.2. The summed E-state index contributed by atoms with van der Waals surface area (Å²) in [5.74, 6) is -0.274. The minimum absolute atomic E-state index is 0.257. The average molecular weight is 423 g/mol. The molecule has 0 saturated carbocycles. The minimum atomic E-state index is -0.585. The molecule has 7 heteroatoms. The Balaban J connectivity index is 1.72. The summed E-state index contributed by atoms with van der Waals surface area (Å²) < 4.78 is 11.0. The number of benzene rings is 3. The average Bonchev–Trinajstić information content (AvgIpc) is 2.76. The molecule has 0 fully saturated rings. The zero-order valence-electron chi connectivity index (χ0n) is 16.2. The molecule has 30 heavy (non-hydrogen) atoms. The summed E-state index contributed by atoms with van der Waals surface area (Å²) in [7, 11) is 0. The molecule has 0 spiro atoms. The Kier molecular flexibility index (Phi) is 7.19. The molecule has 0 aromatic heterocycles. The molecule has 0 aliphatic heterocycles. The fraction of sp³-hybridized carbons (Fsp3) is 0.0870. The Morgan fingerprint density at radius 2 is 1.73 bits per heavy atom. The molecule has 3 rings (SSSR count). The number of hydrogen-bond acceptors (Lipinski definition) is 5. The number of nitrogens with zero attached hydrogens (tertiary/aromatic N) is 1. The summed E-state index contributed by atoms with van der Waals surface area (Å²) in [6.45, 7) is 2.20. The van der Waals surface area contributed by atoms with Crippen molar-refractivity contribution < 1.29 is 19.1 Å². The summed E-state index contributed by atoms with van der Waals surface area (Å²) in [4.78, 5) is 24.4. The lowest BCUT2D eigenvalue weighted by Crippen LogP contribution is -2.17. The third kappa shape index (κ3) is 5.46. The predicted octanol–water partition coefficient (Wildman–Crippen LogP) is 4.72. The van der Waals surface area contributed by atoms with Gasteiger partial charge in [-0.3, -0.25) is 4.79 Å². The van der Waals surface area contributed by atoms with E-state index in [1.165, 1.54) is 6.21 Å². The summed E-state index contributed by atoms with van der Waals surface area (Å²) in [6, 6.07) is 20.4. The van der Waals surface area contributed by atoms with Crippen LogP contribution in [0.15, 0.2) is 77.9 Å². The minimum Gasteiger partial charge on any atom is -0.490 e. The molecule has 0 bridgehead atoms. The maximum absolute atomic E-state index is 12.4. The van der Waals surface area contributed by atoms with Crippen LogP contribution in [0.1, 0.15) is 33.2 Å². The molecule has 0 saturated heterocycles. The van der Waals surface area contributed by atoms with Gasteiger partial charge < -0.3 is 9.47 Å². The second kappa shape index (κ2) is 10.2. The van der Waals surface area contributed by atoms with Gasteiger partial charge >= 0.3 is 5.97 Å². The highest BCUT2D eigenvalue weighted by Crippen LogP contribution is 2.29. The third-order valence-electron chi connectivity index (χ3n) is 3.98. The first-order chi connectivity index (χ1) is 14.6. The van der Waals surface area contributed by atoms with Crippen molar-refractivity contribution in [3.63, 3.8) is 0 Å². The van der Waals surface area contributed by atoms with Crippen molar-refractivity contribution in [1.29, 1.82) is 0 Å². The van der Waals surface area contributed by atoms with E-state index in [1.807, 2.05) is 13.0 Å². The fourth-order valence-electron chi connectivity index (χ4n) is 2.56. The van der Waals surface area contributed by atoms with Gasteiger partial charge in [-0.05, 0) is 55.0 Å². The van der Waals surface area contributed by atoms with Gasteiger partial charge in [0.1, 0.15) is 0 Å². The summed E-state index contributed by atoms with van der Waals surface area (Å²) >= 11 is 6.05. The Morgan fingerprint density at radius 3 is 2.47 bits per heavy atom. The highest BCUT2D eigenvalue weighted by molar-refractivity contribution is 6.33. The smallest absolute Gasteiger partial charge is 0.345 e. The molecule has 0 aliphatic carbocycles. The molecule has 3 aromatic carbocycles. The van der Waals surface area contributed by atoms with E-state index < -0.39 is 5.97 Å². The van der Waals surface area contributed by atoms with Gasteiger partial charge in [0, 0.05) is 5.56 Å². The van der Waals surface area contributed by atoms with Crippen LogP contribution in [0.3, 0.4) is 0 Å². The van der Waals surface area contributed by atoms with Gasteiger partial charge in [0.25, 0.3) is 5.91 Å². The fourth-order valence-corrected chi connectivity index (χ4v) is 2.77. The lowest BCUT2D eigenvalue weighted by Gasteiger charge is -2.12. The number of rotatable bonds is 7. The van der Waals surface area contributed by atoms with E-state index >= 15 is 0 Å². The maximum atomic E-state index is 12.4. The first-order valence-electron chi connectivity index (χ1n) is 9.20. The number of hydrazone groups is 1. The van der Waals surface area contributed by atoms with Crippen molar-refractivity contribution in [3.8, 4) is 11.5 Å². The Bertz CT molecular complexity index is 1070. The van der Waals surface area contributed by atoms with Crippen molar-refractivity contribution in [2.75, 3.05) is 6.61 Å². The zero-order valence-corrected chi connectivity index (χ0v) is 16.9. The molecule has 1 N–H and O–H groups in total. The SMILES string of the molecule is CCOc1cc(/C=N\NC(=O)c2ccccc2)ccc1OC(=O)c1ccccc1Cl. The van der Waals surface area contributed by atoms with Crippen molar-refractivity contribution in [3.05, 3.63) is 94.5 Å². The summed E-state index contributed by atoms with van der Waals surface area (Å²) in [6.07, 6.45) is 1.48. The number of halogens is 1. The molecular weight excluding hydrogens is 404 g/mol. The highest BCUT2D eigenvalue weighted by Gasteiger charge is 2.15. The molecule has 0 heterocycles. The van der Waals surface area contributed by atoms with Gasteiger partial charge in [-0.15, -0.1) is 0 Å². The second-order valence-corrected chi connectivity index (χ2v) is 6.48. The van der Waals surface area contributed by atoms with Crippen LogP contribution in [-0.4, -0.2) is 24.7 Å². The van der Waals surface area contributed by atoms with E-state index in [-0.39, 0.29) is 17.2 Å². The first-order valence-corrected chi connectivity index (χ1v) is 9.58. The van der Waals surface area contributed by atoms with Crippen LogP contribution >= 0.6 is 11.6 Å². The maximum Gasteiger partial charge on any atom is 0.345 e. The standard InChI is InChI=1S/C23H19ClN2O4/c1-2-29-21-14-16(15-25-26-22(27)17-8-4-3-5-9-17)12-13-20(21)30-23(28)18-10-6-7-11-19(18)24/h3-15H,2H2,1H3,(H,26,27)/b25-15-. The second-order valence-electron chi connectivity index (χ2n) is 6.07. The lowest BCUT2D eigenvalue weighted by molar-refractivity contribution is 0.0728. The largest absolute Gasteiger partial charge is 0.490 e. The number of esters is 1. The van der Waals surface area contributed by atoms with E-state index in [1.54, 1.807) is 66.7 Å². The van der Waals surface area contributed by atoms with E-state index in [4.69, 9.17) is 21.1 Å². The number of carbonyl (C=O) groups excluding carboxylic acids is 2. The van der Waals surface area contributed by atoms with Crippen LogP contribution in [0.25, 0.3) is 0 Å². The molecule has 1 amide bonds. The van der Waals surface area contributed by atoms with Crippen LogP contribution in [0, 0.1) is 0 Å². The number of carbonyl (C=O) groups is 2. The zero-order chi connectivity index (χ0) is 21.3. The molecule has 0 atom stereocenters. The van der Waals surface area contributed by atoms with E-state index in [9.17, 15) is 9.59 Å². The van der Waals surface area contributed by atoms with Crippen molar-refractivity contribution in [2.24, 2.45) is 5.10 Å². The topological polar surface area (TPSA) is 77.0 Å². The predicted molar refractivity (Wildman–Crippen MR) is 116 cm³/mol. The first kappa shape index (κ1) is 21.1. The Labute approximate surface area is 179 Å². The van der Waals surface area contributed by atoms with Crippen LogP contribution in [0.5, 0.6) is 11.5 Å². The highest BCUT2D eigenvalue weighted by atomic mass is 35.5. The quantitative estimate of drug-likeness (QED) is 0.258. The van der Waals surface area contributed by atoms with Crippen LogP contribution in [0.4, 0.5) is 0 Å². The summed E-state index contributed by atoms with van der Waals surface area (Å²) in [5.41, 5.74) is 3.89. The van der Waals surface area contributed by atoms with E-state index in [0.29, 0.717) is 28.5 Å². The van der Waals surface area contributed by atoms with Gasteiger partial charge in [0.15, 0.2) is 11.5 Å². The van der Waals surface area contributed by atoms with Gasteiger partial charge in [0.05, 0.1) is 23.4 Å². The van der Waals surface area contributed by atoms with Gasteiger partial charge in [-0.25, -0.2) is 10.2 Å². The number of amides is 1. The monoisotopic (exact) mass is 422 g/mol. The molecule has 6 nitrogen and oxygen atoms in total. The summed E-state index contributed by atoms with van der Waals surface area (Å²) in [5, 5.41) is 4.27. The van der Waals surface area contributed by atoms with Crippen LogP contribution < -0.4 is 14.9 Å². The van der Waals surface area contributed by atoms with Crippen molar-refractivity contribution >= 4 is 29.7 Å². The van der Waals surface area contributed by atoms with Crippen LogP contribution in [0.2, 0.25) is 5.02 Å². The van der Waals surface area contributed by atoms with Crippen LogP contribution in [-0.2, 0) is 0 Å². The Morgan fingerprint density at radius 1 is 1.00 bits per heavy atom. The van der Waals surface area contributed by atoms with Gasteiger partial charge in [0.2, 0.25) is 0 Å². The van der Waals surface area contributed by atoms with Crippen molar-refractivity contribution in [2.45, 2.75) is 6.92 Å². The molecule has 0 unspecified atom stereocenters. The Hall–Kier alpha value is -3.64. The molecule has 0 radical (unpaired) electrons. The number of nitrogens with one attached hydrogen (secondary N) is 1. The van der Waals surface area contributed by atoms with Gasteiger partial charge in [-0.1, -0.05) is 41.9 Å². The normalized spacial score (nSPS) is 10.6. The van der Waals surface area contributed by atoms with E-state index in [0.717, 1.165) is 0 Å². The molecule has 152 valence electrons. The molecule has 0 aliphatic rings. The van der Waals surface area contributed by atoms with Gasteiger partial charge in [-0.2, -0.15) is 5.10 Å². The molecular formula is C23H19ClN2O4.